The van der Waals surface area contributed by atoms with Crippen LogP contribution >= 0.6 is 0 Å². The standard InChI is InChI=1S/C50H34N2O/c1-50(2)42-18-8-5-15-36(42)37-27-26-34(30-43(37)50)52(45-20-11-13-31-12-3-4-14-35(31)45)33-24-22-32(23-25-33)48-41-29-28-39-38-16-7-10-21-46(38)53-49(39)47(41)40-17-6-9-19-44(40)51-48/h3-30H,1-2H3. The van der Waals surface area contributed by atoms with Gasteiger partial charge in [-0.2, -0.15) is 0 Å². The molecule has 0 amide bonds. The SMILES string of the molecule is CC1(C)c2ccccc2-c2ccc(N(c3ccc(-c4nc5ccccc5c5c4ccc4c6ccccc6oc45)cc3)c3cccc4ccccc34)cc21. The molecule has 2 aromatic heterocycles. The topological polar surface area (TPSA) is 29.3 Å². The normalized spacial score (nSPS) is 13.2. The molecule has 1 aliphatic rings. The first-order valence-electron chi connectivity index (χ1n) is 18.3. The second-order valence-corrected chi connectivity index (χ2v) is 14.7. The van der Waals surface area contributed by atoms with Crippen molar-refractivity contribution >= 4 is 71.4 Å². The second kappa shape index (κ2) is 11.1. The van der Waals surface area contributed by atoms with Crippen LogP contribution in [0.4, 0.5) is 17.1 Å². The maximum atomic E-state index is 6.58. The summed E-state index contributed by atoms with van der Waals surface area (Å²) >= 11 is 0. The molecule has 0 bridgehead atoms. The van der Waals surface area contributed by atoms with Gasteiger partial charge in [-0.15, -0.1) is 0 Å². The van der Waals surface area contributed by atoms with Gasteiger partial charge in [0.05, 0.1) is 16.9 Å². The number of furan rings is 1. The predicted molar refractivity (Wildman–Crippen MR) is 222 cm³/mol. The van der Waals surface area contributed by atoms with E-state index < -0.39 is 0 Å². The first-order chi connectivity index (χ1) is 26.0. The lowest BCUT2D eigenvalue weighted by Gasteiger charge is -2.29. The van der Waals surface area contributed by atoms with Crippen LogP contribution in [0.25, 0.3) is 76.8 Å². The van der Waals surface area contributed by atoms with E-state index in [-0.39, 0.29) is 5.41 Å². The third-order valence-corrected chi connectivity index (χ3v) is 11.4. The minimum atomic E-state index is -0.107. The third-order valence-electron chi connectivity index (χ3n) is 11.4. The fourth-order valence-electron chi connectivity index (χ4n) is 8.87. The molecular weight excluding hydrogens is 645 g/mol. The van der Waals surface area contributed by atoms with Crippen LogP contribution in [-0.2, 0) is 5.41 Å². The summed E-state index contributed by atoms with van der Waals surface area (Å²) in [6, 6.07) is 61.1. The van der Waals surface area contributed by atoms with Gasteiger partial charge in [0.2, 0.25) is 0 Å². The van der Waals surface area contributed by atoms with Crippen LogP contribution in [0.1, 0.15) is 25.0 Å². The van der Waals surface area contributed by atoms with Crippen LogP contribution in [0.2, 0.25) is 0 Å². The molecule has 2 heterocycles. The maximum Gasteiger partial charge on any atom is 0.144 e. The molecule has 53 heavy (non-hydrogen) atoms. The number of benzene rings is 8. The van der Waals surface area contributed by atoms with E-state index in [1.807, 2.05) is 12.1 Å². The van der Waals surface area contributed by atoms with Crippen molar-refractivity contribution < 1.29 is 4.42 Å². The molecule has 3 nitrogen and oxygen atoms in total. The Bertz CT molecular complexity index is 3090. The van der Waals surface area contributed by atoms with E-state index in [4.69, 9.17) is 9.40 Å². The smallest absolute Gasteiger partial charge is 0.144 e. The number of aromatic nitrogens is 1. The lowest BCUT2D eigenvalue weighted by molar-refractivity contribution is 0.660. The number of hydrogen-bond acceptors (Lipinski definition) is 3. The molecule has 0 N–H and O–H groups in total. The van der Waals surface area contributed by atoms with Crippen molar-refractivity contribution in [2.24, 2.45) is 0 Å². The molecule has 1 aliphatic carbocycles. The monoisotopic (exact) mass is 678 g/mol. The van der Waals surface area contributed by atoms with Gasteiger partial charge in [-0.3, -0.25) is 0 Å². The maximum absolute atomic E-state index is 6.58. The zero-order valence-corrected chi connectivity index (χ0v) is 29.5. The van der Waals surface area contributed by atoms with Crippen LogP contribution in [0, 0.1) is 0 Å². The van der Waals surface area contributed by atoms with Gasteiger partial charge < -0.3 is 9.32 Å². The van der Waals surface area contributed by atoms with E-state index in [1.54, 1.807) is 0 Å². The quantitative estimate of drug-likeness (QED) is 0.174. The van der Waals surface area contributed by atoms with Crippen molar-refractivity contribution in [1.82, 2.24) is 4.98 Å². The van der Waals surface area contributed by atoms with E-state index in [0.29, 0.717) is 0 Å². The lowest BCUT2D eigenvalue weighted by Crippen LogP contribution is -2.16. The van der Waals surface area contributed by atoms with Crippen molar-refractivity contribution in [3.8, 4) is 22.4 Å². The number of nitrogens with zero attached hydrogens (tertiary/aromatic N) is 2. The molecule has 10 aromatic rings. The average Bonchev–Trinajstić information content (AvgIpc) is 3.70. The Labute approximate surface area is 307 Å². The molecule has 0 saturated carbocycles. The summed E-state index contributed by atoms with van der Waals surface area (Å²) in [7, 11) is 0. The van der Waals surface area contributed by atoms with E-state index in [1.165, 1.54) is 33.0 Å². The van der Waals surface area contributed by atoms with E-state index in [0.717, 1.165) is 71.9 Å². The molecule has 0 spiro atoms. The number of hydrogen-bond donors (Lipinski definition) is 0. The van der Waals surface area contributed by atoms with E-state index in [2.05, 4.69) is 176 Å². The highest BCUT2D eigenvalue weighted by molar-refractivity contribution is 6.24. The Morgan fingerprint density at radius 3 is 2.08 bits per heavy atom. The first-order valence-corrected chi connectivity index (χ1v) is 18.3. The summed E-state index contributed by atoms with van der Waals surface area (Å²) in [5, 5.41) is 7.94. The van der Waals surface area contributed by atoms with E-state index in [9.17, 15) is 0 Å². The summed E-state index contributed by atoms with van der Waals surface area (Å²) in [5.41, 5.74) is 13.4. The van der Waals surface area contributed by atoms with Gasteiger partial charge in [0.25, 0.3) is 0 Å². The molecule has 0 atom stereocenters. The molecular formula is C50H34N2O. The zero-order chi connectivity index (χ0) is 35.3. The van der Waals surface area contributed by atoms with Gasteiger partial charge in [-0.1, -0.05) is 135 Å². The van der Waals surface area contributed by atoms with Gasteiger partial charge in [-0.25, -0.2) is 4.98 Å². The Kier molecular flexibility index (Phi) is 6.30. The minimum Gasteiger partial charge on any atom is -0.455 e. The zero-order valence-electron chi connectivity index (χ0n) is 29.5. The summed E-state index contributed by atoms with van der Waals surface area (Å²) in [4.78, 5) is 7.70. The number of para-hydroxylation sites is 2. The van der Waals surface area contributed by atoms with Crippen molar-refractivity contribution in [2.45, 2.75) is 19.3 Å². The van der Waals surface area contributed by atoms with Gasteiger partial charge in [0.15, 0.2) is 0 Å². The van der Waals surface area contributed by atoms with Crippen LogP contribution in [0.5, 0.6) is 0 Å². The number of anilines is 3. The summed E-state index contributed by atoms with van der Waals surface area (Å²) in [5.74, 6) is 0. The Hall–Kier alpha value is -6.71. The molecule has 11 rings (SSSR count). The molecule has 0 unspecified atom stereocenters. The van der Waals surface area contributed by atoms with Gasteiger partial charge in [0.1, 0.15) is 11.2 Å². The van der Waals surface area contributed by atoms with Gasteiger partial charge in [-0.05, 0) is 76.2 Å². The summed E-state index contributed by atoms with van der Waals surface area (Å²) in [6.45, 7) is 4.69. The Balaban J connectivity index is 1.10. The summed E-state index contributed by atoms with van der Waals surface area (Å²) in [6.07, 6.45) is 0. The first kappa shape index (κ1) is 30.0. The molecule has 0 aliphatic heterocycles. The fraction of sp³-hybridized carbons (Fsp3) is 0.0600. The largest absolute Gasteiger partial charge is 0.455 e. The lowest BCUT2D eigenvalue weighted by atomic mass is 9.82. The molecule has 3 heteroatoms. The number of fused-ring (bicyclic) bond motifs is 11. The van der Waals surface area contributed by atoms with Crippen molar-refractivity contribution in [1.29, 1.82) is 0 Å². The van der Waals surface area contributed by atoms with Crippen LogP contribution in [0.3, 0.4) is 0 Å². The number of rotatable bonds is 4. The highest BCUT2D eigenvalue weighted by Gasteiger charge is 2.35. The minimum absolute atomic E-state index is 0.107. The number of pyridine rings is 1. The van der Waals surface area contributed by atoms with Crippen molar-refractivity contribution in [3.63, 3.8) is 0 Å². The highest BCUT2D eigenvalue weighted by atomic mass is 16.3. The Morgan fingerprint density at radius 2 is 1.19 bits per heavy atom. The van der Waals surface area contributed by atoms with Gasteiger partial charge >= 0.3 is 0 Å². The molecule has 0 radical (unpaired) electrons. The van der Waals surface area contributed by atoms with E-state index >= 15 is 0 Å². The highest BCUT2D eigenvalue weighted by Crippen LogP contribution is 2.51. The Morgan fingerprint density at radius 1 is 0.509 bits per heavy atom. The summed E-state index contributed by atoms with van der Waals surface area (Å²) < 4.78 is 6.58. The molecule has 0 fully saturated rings. The molecule has 250 valence electrons. The molecule has 8 aromatic carbocycles. The van der Waals surface area contributed by atoms with Crippen molar-refractivity contribution in [2.75, 3.05) is 4.90 Å². The second-order valence-electron chi connectivity index (χ2n) is 14.7. The average molecular weight is 679 g/mol. The predicted octanol–water partition coefficient (Wildman–Crippen LogP) is 13.9. The van der Waals surface area contributed by atoms with Crippen molar-refractivity contribution in [3.05, 3.63) is 181 Å². The molecule has 0 saturated heterocycles. The van der Waals surface area contributed by atoms with Crippen LogP contribution in [0.15, 0.2) is 174 Å². The van der Waals surface area contributed by atoms with Crippen LogP contribution < -0.4 is 4.90 Å². The fourth-order valence-corrected chi connectivity index (χ4v) is 8.87. The van der Waals surface area contributed by atoms with Crippen LogP contribution in [-0.4, -0.2) is 4.98 Å². The van der Waals surface area contributed by atoms with Gasteiger partial charge in [0, 0.05) is 54.7 Å². The third kappa shape index (κ3) is 4.37.